The number of benzene rings is 1. The van der Waals surface area contributed by atoms with Crippen molar-refractivity contribution in [2.45, 2.75) is 19.8 Å². The SMILES string of the molecule is [C-]#[N+]C(=Cc1ccc(OCCCCOC(=O)C=C)c(OC)c1)C(=O)OCC. The van der Waals surface area contributed by atoms with Gasteiger partial charge in [0.15, 0.2) is 11.5 Å². The average Bonchev–Trinajstić information content (AvgIpc) is 2.68. The van der Waals surface area contributed by atoms with Gasteiger partial charge >= 0.3 is 11.9 Å². The molecule has 7 nitrogen and oxygen atoms in total. The van der Waals surface area contributed by atoms with Crippen molar-refractivity contribution in [2.75, 3.05) is 26.9 Å². The normalized spacial score (nSPS) is 10.5. The summed E-state index contributed by atoms with van der Waals surface area (Å²) in [4.78, 5) is 25.8. The van der Waals surface area contributed by atoms with Crippen LogP contribution in [-0.2, 0) is 19.1 Å². The first-order valence-corrected chi connectivity index (χ1v) is 8.42. The van der Waals surface area contributed by atoms with Crippen molar-refractivity contribution in [3.8, 4) is 11.5 Å². The summed E-state index contributed by atoms with van der Waals surface area (Å²) in [5.41, 5.74) is 0.510. The highest BCUT2D eigenvalue weighted by Gasteiger charge is 2.12. The summed E-state index contributed by atoms with van der Waals surface area (Å²) in [6, 6.07) is 5.09. The van der Waals surface area contributed by atoms with E-state index in [1.54, 1.807) is 25.1 Å². The number of hydrogen-bond acceptors (Lipinski definition) is 6. The third kappa shape index (κ3) is 7.65. The molecule has 0 aliphatic heterocycles. The van der Waals surface area contributed by atoms with Crippen molar-refractivity contribution < 1.29 is 28.5 Å². The first-order chi connectivity index (χ1) is 13.0. The van der Waals surface area contributed by atoms with Crippen molar-refractivity contribution >= 4 is 18.0 Å². The van der Waals surface area contributed by atoms with E-state index in [0.717, 1.165) is 6.08 Å². The Kier molecular flexibility index (Phi) is 9.79. The lowest BCUT2D eigenvalue weighted by molar-refractivity contribution is -0.138. The van der Waals surface area contributed by atoms with Crippen molar-refractivity contribution in [3.63, 3.8) is 0 Å². The standard InChI is InChI=1S/C20H23NO6/c1-5-19(22)27-12-8-7-11-26-17-10-9-15(14-18(17)24-4)13-16(21-3)20(23)25-6-2/h5,9-10,13-14H,1,6-8,11-12H2,2,4H3. The van der Waals surface area contributed by atoms with Gasteiger partial charge in [-0.25, -0.2) is 9.64 Å². The number of ether oxygens (including phenoxy) is 4. The molecule has 0 aliphatic rings. The maximum Gasteiger partial charge on any atom is 0.336 e. The number of esters is 2. The fourth-order valence-corrected chi connectivity index (χ4v) is 2.01. The molecular formula is C20H23NO6. The van der Waals surface area contributed by atoms with E-state index >= 15 is 0 Å². The van der Waals surface area contributed by atoms with Gasteiger partial charge in [0, 0.05) is 6.08 Å². The van der Waals surface area contributed by atoms with Crippen LogP contribution in [-0.4, -0.2) is 38.9 Å². The Bertz CT molecular complexity index is 732. The Hall–Kier alpha value is -3.27. The van der Waals surface area contributed by atoms with Gasteiger partial charge in [-0.1, -0.05) is 12.6 Å². The first-order valence-electron chi connectivity index (χ1n) is 8.42. The Morgan fingerprint density at radius 2 is 1.93 bits per heavy atom. The Morgan fingerprint density at radius 3 is 2.56 bits per heavy atom. The number of nitrogens with zero attached hydrogens (tertiary/aromatic N) is 1. The third-order valence-electron chi connectivity index (χ3n) is 3.30. The number of methoxy groups -OCH3 is 1. The predicted octanol–water partition coefficient (Wildman–Crippen LogP) is 3.41. The zero-order chi connectivity index (χ0) is 20.1. The molecule has 0 aliphatic carbocycles. The van der Waals surface area contributed by atoms with Gasteiger partial charge in [-0.05, 0) is 43.5 Å². The highest BCUT2D eigenvalue weighted by molar-refractivity contribution is 5.95. The maximum absolute atomic E-state index is 11.7. The van der Waals surface area contributed by atoms with E-state index in [2.05, 4.69) is 11.4 Å². The number of unbranched alkanes of at least 4 members (excludes halogenated alkanes) is 1. The molecule has 0 heterocycles. The van der Waals surface area contributed by atoms with Gasteiger partial charge in [0.1, 0.15) is 0 Å². The van der Waals surface area contributed by atoms with Gasteiger partial charge in [-0.3, -0.25) is 4.79 Å². The Labute approximate surface area is 159 Å². The lowest BCUT2D eigenvalue weighted by Gasteiger charge is -2.11. The van der Waals surface area contributed by atoms with Crippen LogP contribution in [0.25, 0.3) is 10.9 Å². The molecule has 1 rings (SSSR count). The zero-order valence-corrected chi connectivity index (χ0v) is 15.5. The molecule has 0 radical (unpaired) electrons. The molecule has 0 atom stereocenters. The molecule has 0 amide bonds. The van der Waals surface area contributed by atoms with Crippen molar-refractivity contribution in [2.24, 2.45) is 0 Å². The van der Waals surface area contributed by atoms with Crippen LogP contribution in [0.2, 0.25) is 0 Å². The molecule has 144 valence electrons. The van der Waals surface area contributed by atoms with E-state index in [0.29, 0.717) is 43.1 Å². The van der Waals surface area contributed by atoms with Crippen molar-refractivity contribution in [1.29, 1.82) is 0 Å². The van der Waals surface area contributed by atoms with Gasteiger partial charge in [-0.15, -0.1) is 0 Å². The maximum atomic E-state index is 11.7. The highest BCUT2D eigenvalue weighted by atomic mass is 16.5. The minimum Gasteiger partial charge on any atom is -0.493 e. The van der Waals surface area contributed by atoms with Crippen LogP contribution in [0, 0.1) is 6.57 Å². The van der Waals surface area contributed by atoms with Gasteiger partial charge in [0.05, 0.1) is 33.5 Å². The number of rotatable bonds is 11. The van der Waals surface area contributed by atoms with Gasteiger partial charge in [-0.2, -0.15) is 0 Å². The molecule has 0 N–H and O–H groups in total. The van der Waals surface area contributed by atoms with Crippen molar-refractivity contribution in [3.05, 3.63) is 53.5 Å². The zero-order valence-electron chi connectivity index (χ0n) is 15.5. The van der Waals surface area contributed by atoms with E-state index in [1.807, 2.05) is 0 Å². The van der Waals surface area contributed by atoms with Crippen molar-refractivity contribution in [1.82, 2.24) is 0 Å². The van der Waals surface area contributed by atoms with E-state index < -0.39 is 11.9 Å². The summed E-state index contributed by atoms with van der Waals surface area (Å²) in [7, 11) is 1.51. The molecule has 0 spiro atoms. The minimum absolute atomic E-state index is 0.110. The predicted molar refractivity (Wildman–Crippen MR) is 100 cm³/mol. The monoisotopic (exact) mass is 373 g/mol. The van der Waals surface area contributed by atoms with Crippen LogP contribution in [0.15, 0.2) is 36.6 Å². The van der Waals surface area contributed by atoms with Crippen LogP contribution in [0.3, 0.4) is 0 Å². The largest absolute Gasteiger partial charge is 0.493 e. The Balaban J connectivity index is 2.66. The van der Waals surface area contributed by atoms with Gasteiger partial charge in [0.25, 0.3) is 5.70 Å². The second-order valence-corrected chi connectivity index (χ2v) is 5.20. The van der Waals surface area contributed by atoms with Crippen LogP contribution < -0.4 is 9.47 Å². The molecule has 27 heavy (non-hydrogen) atoms. The molecule has 0 saturated heterocycles. The number of carbonyl (C=O) groups is 2. The third-order valence-corrected chi connectivity index (χ3v) is 3.30. The number of hydrogen-bond donors (Lipinski definition) is 0. The van der Waals surface area contributed by atoms with E-state index in [4.69, 9.17) is 25.5 Å². The quantitative estimate of drug-likeness (QED) is 0.256. The van der Waals surface area contributed by atoms with Crippen LogP contribution in [0.1, 0.15) is 25.3 Å². The molecule has 1 aromatic carbocycles. The van der Waals surface area contributed by atoms with Crippen LogP contribution >= 0.6 is 0 Å². The summed E-state index contributed by atoms with van der Waals surface area (Å²) in [6.45, 7) is 13.0. The topological polar surface area (TPSA) is 75.4 Å². The lowest BCUT2D eigenvalue weighted by atomic mass is 10.1. The fraction of sp³-hybridized carbons (Fsp3) is 0.350. The summed E-state index contributed by atoms with van der Waals surface area (Å²) < 4.78 is 20.7. The summed E-state index contributed by atoms with van der Waals surface area (Å²) in [6.07, 6.45) is 3.92. The molecule has 1 aromatic rings. The summed E-state index contributed by atoms with van der Waals surface area (Å²) in [5, 5.41) is 0. The van der Waals surface area contributed by atoms with Gasteiger partial charge < -0.3 is 18.9 Å². The molecule has 0 fully saturated rings. The molecule has 7 heteroatoms. The van der Waals surface area contributed by atoms with E-state index in [1.165, 1.54) is 13.2 Å². The highest BCUT2D eigenvalue weighted by Crippen LogP contribution is 2.29. The average molecular weight is 373 g/mol. The molecule has 0 aromatic heterocycles. The molecule has 0 bridgehead atoms. The summed E-state index contributed by atoms with van der Waals surface area (Å²) in [5.74, 6) is -0.0833. The molecule has 0 unspecified atom stereocenters. The Morgan fingerprint density at radius 1 is 1.19 bits per heavy atom. The molecule has 0 saturated carbocycles. The second-order valence-electron chi connectivity index (χ2n) is 5.20. The number of carbonyl (C=O) groups excluding carboxylic acids is 2. The summed E-state index contributed by atoms with van der Waals surface area (Å²) >= 11 is 0. The van der Waals surface area contributed by atoms with E-state index in [9.17, 15) is 9.59 Å². The van der Waals surface area contributed by atoms with Crippen LogP contribution in [0.5, 0.6) is 11.5 Å². The smallest absolute Gasteiger partial charge is 0.336 e. The minimum atomic E-state index is -0.663. The lowest BCUT2D eigenvalue weighted by Crippen LogP contribution is -2.05. The van der Waals surface area contributed by atoms with E-state index in [-0.39, 0.29) is 12.3 Å². The fourth-order valence-electron chi connectivity index (χ4n) is 2.01. The van der Waals surface area contributed by atoms with Crippen LogP contribution in [0.4, 0.5) is 0 Å². The second kappa shape index (κ2) is 12.1. The first kappa shape index (κ1) is 21.8. The van der Waals surface area contributed by atoms with Gasteiger partial charge in [0.2, 0.25) is 0 Å². The molecular weight excluding hydrogens is 350 g/mol.